The van der Waals surface area contributed by atoms with Gasteiger partial charge in [-0.15, -0.1) is 0 Å². The van der Waals surface area contributed by atoms with Gasteiger partial charge in [-0.05, 0) is 47.9 Å². The smallest absolute Gasteiger partial charge is 0.260 e. The number of hydrogen-bond acceptors (Lipinski definition) is 5. The van der Waals surface area contributed by atoms with Gasteiger partial charge in [-0.2, -0.15) is 14.6 Å². The zero-order chi connectivity index (χ0) is 22.9. The Bertz CT molecular complexity index is 1360. The summed E-state index contributed by atoms with van der Waals surface area (Å²) in [4.78, 5) is 18.9. The Balaban J connectivity index is 1.35. The van der Waals surface area contributed by atoms with Gasteiger partial charge in [-0.3, -0.25) is 4.79 Å². The van der Waals surface area contributed by atoms with E-state index in [4.69, 9.17) is 4.74 Å². The van der Waals surface area contributed by atoms with Crippen molar-refractivity contribution in [3.63, 3.8) is 0 Å². The summed E-state index contributed by atoms with van der Waals surface area (Å²) in [6, 6.07) is 15.2. The number of aromatic nitrogens is 3. The summed E-state index contributed by atoms with van der Waals surface area (Å²) in [5.41, 5.74) is 4.74. The molecule has 0 aliphatic carbocycles. The van der Waals surface area contributed by atoms with Gasteiger partial charge in [0.15, 0.2) is 11.6 Å². The predicted molar refractivity (Wildman–Crippen MR) is 116 cm³/mol. The molecule has 1 amide bonds. The fourth-order valence-electron chi connectivity index (χ4n) is 3.80. The zero-order valence-corrected chi connectivity index (χ0v) is 17.6. The SMILES string of the molecule is Cc1cc(-c2ccc(CN3Cc4ccnc(Oc5cccc(F)c5F)c4C3=O)cc2)cnn1. The molecule has 0 atom stereocenters. The highest BCUT2D eigenvalue weighted by Gasteiger charge is 2.32. The molecule has 0 saturated carbocycles. The third kappa shape index (κ3) is 4.03. The van der Waals surface area contributed by atoms with Crippen LogP contribution in [-0.2, 0) is 13.1 Å². The molecular formula is C25H18F2N4O2. The number of ether oxygens (including phenoxy) is 1. The van der Waals surface area contributed by atoms with Crippen LogP contribution < -0.4 is 4.74 Å². The van der Waals surface area contributed by atoms with E-state index >= 15 is 0 Å². The summed E-state index contributed by atoms with van der Waals surface area (Å²) in [6.45, 7) is 2.64. The topological polar surface area (TPSA) is 68.2 Å². The van der Waals surface area contributed by atoms with Crippen molar-refractivity contribution in [1.82, 2.24) is 20.1 Å². The average Bonchev–Trinajstić information content (AvgIpc) is 3.13. The number of aryl methyl sites for hydroxylation is 1. The number of carbonyl (C=O) groups is 1. The Labute approximate surface area is 188 Å². The fraction of sp³-hybridized carbons (Fsp3) is 0.120. The number of benzene rings is 2. The molecule has 1 aliphatic heterocycles. The van der Waals surface area contributed by atoms with E-state index in [2.05, 4.69) is 15.2 Å². The molecule has 0 fully saturated rings. The van der Waals surface area contributed by atoms with Crippen LogP contribution in [0.5, 0.6) is 11.6 Å². The first-order chi connectivity index (χ1) is 16.0. The number of nitrogens with zero attached hydrogens (tertiary/aromatic N) is 4. The highest BCUT2D eigenvalue weighted by atomic mass is 19.2. The van der Waals surface area contributed by atoms with E-state index in [0.29, 0.717) is 13.1 Å². The molecule has 164 valence electrons. The molecule has 0 unspecified atom stereocenters. The minimum absolute atomic E-state index is 0.0413. The van der Waals surface area contributed by atoms with Crippen LogP contribution in [0.3, 0.4) is 0 Å². The van der Waals surface area contributed by atoms with Crippen LogP contribution in [0, 0.1) is 18.6 Å². The van der Waals surface area contributed by atoms with Crippen molar-refractivity contribution in [3.05, 3.63) is 101 Å². The van der Waals surface area contributed by atoms with Crippen LogP contribution in [0.2, 0.25) is 0 Å². The third-order valence-corrected chi connectivity index (χ3v) is 5.42. The van der Waals surface area contributed by atoms with Gasteiger partial charge in [0, 0.05) is 24.8 Å². The molecule has 0 saturated heterocycles. The highest BCUT2D eigenvalue weighted by Crippen LogP contribution is 2.34. The van der Waals surface area contributed by atoms with Crippen LogP contribution in [0.25, 0.3) is 11.1 Å². The Morgan fingerprint density at radius 1 is 1.06 bits per heavy atom. The quantitative estimate of drug-likeness (QED) is 0.430. The lowest BCUT2D eigenvalue weighted by Crippen LogP contribution is -2.23. The first kappa shape index (κ1) is 20.7. The van der Waals surface area contributed by atoms with E-state index in [9.17, 15) is 13.6 Å². The van der Waals surface area contributed by atoms with Crippen LogP contribution in [-0.4, -0.2) is 26.0 Å². The first-order valence-electron chi connectivity index (χ1n) is 10.3. The van der Waals surface area contributed by atoms with Crippen molar-refractivity contribution in [2.45, 2.75) is 20.0 Å². The second kappa shape index (κ2) is 8.38. The van der Waals surface area contributed by atoms with E-state index in [0.717, 1.165) is 34.0 Å². The van der Waals surface area contributed by atoms with Crippen LogP contribution in [0.1, 0.15) is 27.2 Å². The predicted octanol–water partition coefficient (Wildman–Crippen LogP) is 5.07. The van der Waals surface area contributed by atoms with Crippen LogP contribution in [0.4, 0.5) is 8.78 Å². The van der Waals surface area contributed by atoms with Crippen molar-refractivity contribution >= 4 is 5.91 Å². The van der Waals surface area contributed by atoms with Gasteiger partial charge < -0.3 is 9.64 Å². The highest BCUT2D eigenvalue weighted by molar-refractivity contribution is 6.00. The fourth-order valence-corrected chi connectivity index (χ4v) is 3.80. The van der Waals surface area contributed by atoms with Crippen molar-refractivity contribution in [2.75, 3.05) is 0 Å². The molecule has 8 heteroatoms. The van der Waals surface area contributed by atoms with Gasteiger partial charge in [0.2, 0.25) is 11.7 Å². The van der Waals surface area contributed by atoms with E-state index < -0.39 is 11.6 Å². The average molecular weight is 444 g/mol. The van der Waals surface area contributed by atoms with Crippen molar-refractivity contribution in [3.8, 4) is 22.8 Å². The molecule has 0 bridgehead atoms. The molecule has 2 aromatic heterocycles. The molecule has 3 heterocycles. The van der Waals surface area contributed by atoms with Crippen molar-refractivity contribution in [2.24, 2.45) is 0 Å². The number of hydrogen-bond donors (Lipinski definition) is 0. The van der Waals surface area contributed by atoms with Gasteiger partial charge in [0.05, 0.1) is 11.9 Å². The van der Waals surface area contributed by atoms with Gasteiger partial charge in [0.25, 0.3) is 5.91 Å². The number of amides is 1. The Kier molecular flexibility index (Phi) is 5.26. The summed E-state index contributed by atoms with van der Waals surface area (Å²) >= 11 is 0. The number of halogens is 2. The molecule has 33 heavy (non-hydrogen) atoms. The molecule has 5 rings (SSSR count). The van der Waals surface area contributed by atoms with E-state index in [1.165, 1.54) is 18.3 Å². The van der Waals surface area contributed by atoms with Crippen LogP contribution >= 0.6 is 0 Å². The number of carbonyl (C=O) groups excluding carboxylic acids is 1. The van der Waals surface area contributed by atoms with Gasteiger partial charge >= 0.3 is 0 Å². The monoisotopic (exact) mass is 444 g/mol. The lowest BCUT2D eigenvalue weighted by molar-refractivity contribution is 0.0764. The maximum atomic E-state index is 14.0. The number of pyridine rings is 1. The standard InChI is InChI=1S/C25H18F2N4O2/c1-15-11-19(12-29-30-15)17-7-5-16(6-8-17)13-31-14-18-9-10-28-24(22(18)25(31)32)33-21-4-2-3-20(26)23(21)27/h2-12H,13-14H2,1H3. The van der Waals surface area contributed by atoms with E-state index in [1.807, 2.05) is 37.3 Å². The molecule has 0 N–H and O–H groups in total. The minimum Gasteiger partial charge on any atom is -0.435 e. The molecular weight excluding hydrogens is 426 g/mol. The molecule has 6 nitrogen and oxygen atoms in total. The lowest BCUT2D eigenvalue weighted by Gasteiger charge is -2.16. The normalized spacial score (nSPS) is 12.7. The Morgan fingerprint density at radius 2 is 1.88 bits per heavy atom. The van der Waals surface area contributed by atoms with Gasteiger partial charge in [-0.25, -0.2) is 9.37 Å². The molecule has 2 aromatic carbocycles. The maximum absolute atomic E-state index is 14.0. The summed E-state index contributed by atoms with van der Waals surface area (Å²) in [5, 5.41) is 7.96. The molecule has 0 radical (unpaired) electrons. The van der Waals surface area contributed by atoms with E-state index in [-0.39, 0.29) is 23.1 Å². The molecule has 1 aliphatic rings. The van der Waals surface area contributed by atoms with Crippen molar-refractivity contribution < 1.29 is 18.3 Å². The number of fused-ring (bicyclic) bond motifs is 1. The van der Waals surface area contributed by atoms with Gasteiger partial charge in [0.1, 0.15) is 5.56 Å². The summed E-state index contributed by atoms with van der Waals surface area (Å²) in [6.07, 6.45) is 3.19. The number of rotatable bonds is 5. The summed E-state index contributed by atoms with van der Waals surface area (Å²) < 4.78 is 33.1. The van der Waals surface area contributed by atoms with E-state index in [1.54, 1.807) is 17.2 Å². The summed E-state index contributed by atoms with van der Waals surface area (Å²) in [5.74, 6) is -2.80. The van der Waals surface area contributed by atoms with Gasteiger partial charge in [-0.1, -0.05) is 30.3 Å². The zero-order valence-electron chi connectivity index (χ0n) is 17.6. The largest absolute Gasteiger partial charge is 0.435 e. The first-order valence-corrected chi connectivity index (χ1v) is 10.3. The maximum Gasteiger partial charge on any atom is 0.260 e. The van der Waals surface area contributed by atoms with Crippen molar-refractivity contribution in [1.29, 1.82) is 0 Å². The summed E-state index contributed by atoms with van der Waals surface area (Å²) in [7, 11) is 0. The minimum atomic E-state index is -1.13. The Morgan fingerprint density at radius 3 is 2.67 bits per heavy atom. The lowest BCUT2D eigenvalue weighted by atomic mass is 10.1. The molecule has 4 aromatic rings. The second-order valence-corrected chi connectivity index (χ2v) is 7.75. The second-order valence-electron chi connectivity index (χ2n) is 7.75. The van der Waals surface area contributed by atoms with Crippen LogP contribution in [0.15, 0.2) is 67.0 Å². The third-order valence-electron chi connectivity index (χ3n) is 5.42. The molecule has 0 spiro atoms. The Hall–Kier alpha value is -4.20.